The van der Waals surface area contributed by atoms with E-state index >= 15 is 0 Å². The Hall–Kier alpha value is -1.23. The summed E-state index contributed by atoms with van der Waals surface area (Å²) in [6.07, 6.45) is 2.53. The van der Waals surface area contributed by atoms with Crippen molar-refractivity contribution in [2.75, 3.05) is 18.0 Å². The molecule has 1 rings (SSSR count). The van der Waals surface area contributed by atoms with Crippen LogP contribution in [0.5, 0.6) is 0 Å². The average molecular weight is 266 g/mol. The van der Waals surface area contributed by atoms with Gasteiger partial charge in [0.15, 0.2) is 0 Å². The van der Waals surface area contributed by atoms with E-state index in [0.717, 1.165) is 30.3 Å². The van der Waals surface area contributed by atoms with Gasteiger partial charge in [0.05, 0.1) is 22.6 Å². The van der Waals surface area contributed by atoms with Crippen LogP contribution in [0.1, 0.15) is 31.7 Å². The molecule has 0 spiro atoms. The van der Waals surface area contributed by atoms with Crippen LogP contribution in [0.3, 0.4) is 0 Å². The van der Waals surface area contributed by atoms with Crippen LogP contribution in [-0.4, -0.2) is 28.0 Å². The summed E-state index contributed by atoms with van der Waals surface area (Å²) in [5, 5.41) is 0. The molecule has 0 radical (unpaired) electrons. The highest BCUT2D eigenvalue weighted by Gasteiger charge is 2.11. The van der Waals surface area contributed by atoms with E-state index in [-0.39, 0.29) is 0 Å². The van der Waals surface area contributed by atoms with Gasteiger partial charge in [-0.15, -0.1) is 0 Å². The van der Waals surface area contributed by atoms with Crippen molar-refractivity contribution >= 4 is 23.0 Å². The number of aromatic nitrogens is 2. The Morgan fingerprint density at radius 3 is 2.56 bits per heavy atom. The molecule has 1 aromatic rings. The van der Waals surface area contributed by atoms with Gasteiger partial charge in [-0.25, -0.2) is 4.98 Å². The minimum atomic E-state index is 0.542. The molecule has 0 amide bonds. The lowest BCUT2D eigenvalue weighted by Gasteiger charge is -2.25. The van der Waals surface area contributed by atoms with Crippen LogP contribution in [-0.2, 0) is 0 Å². The zero-order valence-corrected chi connectivity index (χ0v) is 12.4. The zero-order valence-electron chi connectivity index (χ0n) is 11.6. The summed E-state index contributed by atoms with van der Waals surface area (Å²) in [4.78, 5) is 11.7. The van der Waals surface area contributed by atoms with Gasteiger partial charge in [0.2, 0.25) is 0 Å². The quantitative estimate of drug-likeness (QED) is 0.800. The molecule has 4 nitrogen and oxygen atoms in total. The number of rotatable bonds is 6. The third-order valence-corrected chi connectivity index (χ3v) is 2.92. The first-order valence-electron chi connectivity index (χ1n) is 6.23. The Kier molecular flexibility index (Phi) is 5.47. The Balaban J connectivity index is 2.86. The largest absolute Gasteiger partial charge is 0.393 e. The Morgan fingerprint density at radius 1 is 1.39 bits per heavy atom. The van der Waals surface area contributed by atoms with Crippen LogP contribution >= 0.6 is 12.2 Å². The van der Waals surface area contributed by atoms with Crippen molar-refractivity contribution < 1.29 is 0 Å². The summed E-state index contributed by atoms with van der Waals surface area (Å²) < 4.78 is 0. The molecule has 0 fully saturated rings. The molecule has 0 saturated carbocycles. The molecule has 0 aromatic carbocycles. The molecule has 0 bridgehead atoms. The summed E-state index contributed by atoms with van der Waals surface area (Å²) in [6.45, 7) is 10.0. The van der Waals surface area contributed by atoms with Crippen LogP contribution in [0.15, 0.2) is 6.20 Å². The van der Waals surface area contributed by atoms with Gasteiger partial charge in [-0.2, -0.15) is 0 Å². The van der Waals surface area contributed by atoms with Gasteiger partial charge in [-0.05, 0) is 19.8 Å². The molecule has 1 heterocycles. The second kappa shape index (κ2) is 6.64. The maximum atomic E-state index is 5.57. The molecule has 0 aliphatic heterocycles. The Morgan fingerprint density at radius 2 is 2.06 bits per heavy atom. The molecule has 18 heavy (non-hydrogen) atoms. The van der Waals surface area contributed by atoms with Crippen molar-refractivity contribution in [3.05, 3.63) is 17.6 Å². The molecule has 0 atom stereocenters. The van der Waals surface area contributed by atoms with E-state index in [9.17, 15) is 0 Å². The van der Waals surface area contributed by atoms with Gasteiger partial charge in [-0.1, -0.05) is 26.1 Å². The predicted molar refractivity (Wildman–Crippen MR) is 80.0 cm³/mol. The topological polar surface area (TPSA) is 55.0 Å². The standard InChI is InChI=1S/C13H22N4S/c1-9(2)8-17(6-5-12(14)18)13-7-15-10(3)11(4)16-13/h7,9H,5-6,8H2,1-4H3,(H2,14,18). The number of hydrogen-bond acceptors (Lipinski definition) is 4. The van der Waals surface area contributed by atoms with Crippen molar-refractivity contribution in [3.8, 4) is 0 Å². The number of nitrogens with two attached hydrogens (primary N) is 1. The van der Waals surface area contributed by atoms with E-state index in [0.29, 0.717) is 17.3 Å². The molecule has 5 heteroatoms. The van der Waals surface area contributed by atoms with E-state index in [1.54, 1.807) is 0 Å². The summed E-state index contributed by atoms with van der Waals surface area (Å²) >= 11 is 4.94. The Labute approximate surface area is 115 Å². The highest BCUT2D eigenvalue weighted by molar-refractivity contribution is 7.80. The van der Waals surface area contributed by atoms with Crippen LogP contribution in [0.4, 0.5) is 5.82 Å². The lowest BCUT2D eigenvalue weighted by atomic mass is 10.2. The molecule has 0 unspecified atom stereocenters. The van der Waals surface area contributed by atoms with E-state index in [1.807, 2.05) is 20.0 Å². The fourth-order valence-corrected chi connectivity index (χ4v) is 1.76. The number of aryl methyl sites for hydroxylation is 2. The first-order chi connectivity index (χ1) is 8.40. The van der Waals surface area contributed by atoms with Gasteiger partial charge in [0.1, 0.15) is 5.82 Å². The van der Waals surface area contributed by atoms with Gasteiger partial charge in [0, 0.05) is 19.5 Å². The zero-order chi connectivity index (χ0) is 13.7. The monoisotopic (exact) mass is 266 g/mol. The highest BCUT2D eigenvalue weighted by atomic mass is 32.1. The summed E-state index contributed by atoms with van der Waals surface area (Å²) in [5.41, 5.74) is 7.51. The highest BCUT2D eigenvalue weighted by Crippen LogP contribution is 2.14. The van der Waals surface area contributed by atoms with Crippen LogP contribution < -0.4 is 10.6 Å². The third-order valence-electron chi connectivity index (χ3n) is 2.72. The smallest absolute Gasteiger partial charge is 0.147 e. The molecular formula is C13H22N4S. The lowest BCUT2D eigenvalue weighted by molar-refractivity contribution is 0.608. The SMILES string of the molecule is Cc1ncc(N(CCC(N)=S)CC(C)C)nc1C. The number of thiocarbonyl (C=S) groups is 1. The van der Waals surface area contributed by atoms with Crippen LogP contribution in [0.2, 0.25) is 0 Å². The summed E-state index contributed by atoms with van der Waals surface area (Å²) in [6, 6.07) is 0. The minimum Gasteiger partial charge on any atom is -0.393 e. The van der Waals surface area contributed by atoms with E-state index in [2.05, 4.69) is 28.7 Å². The second-order valence-corrected chi connectivity index (χ2v) is 5.48. The maximum Gasteiger partial charge on any atom is 0.147 e. The van der Waals surface area contributed by atoms with E-state index < -0.39 is 0 Å². The van der Waals surface area contributed by atoms with Crippen molar-refractivity contribution in [3.63, 3.8) is 0 Å². The van der Waals surface area contributed by atoms with Crippen molar-refractivity contribution in [1.29, 1.82) is 0 Å². The van der Waals surface area contributed by atoms with E-state index in [1.165, 1.54) is 0 Å². The number of nitrogens with zero attached hydrogens (tertiary/aromatic N) is 3. The van der Waals surface area contributed by atoms with Crippen molar-refractivity contribution in [1.82, 2.24) is 9.97 Å². The third kappa shape index (κ3) is 4.56. The number of anilines is 1. The molecule has 0 aliphatic rings. The first-order valence-corrected chi connectivity index (χ1v) is 6.64. The summed E-state index contributed by atoms with van der Waals surface area (Å²) in [7, 11) is 0. The van der Waals surface area contributed by atoms with Crippen LogP contribution in [0, 0.1) is 19.8 Å². The lowest BCUT2D eigenvalue weighted by Crippen LogP contribution is -2.32. The summed E-state index contributed by atoms with van der Waals surface area (Å²) in [5.74, 6) is 1.46. The van der Waals surface area contributed by atoms with Gasteiger partial charge < -0.3 is 10.6 Å². The van der Waals surface area contributed by atoms with Gasteiger partial charge in [0.25, 0.3) is 0 Å². The molecule has 100 valence electrons. The molecular weight excluding hydrogens is 244 g/mol. The molecule has 0 aliphatic carbocycles. The first kappa shape index (κ1) is 14.8. The molecule has 0 saturated heterocycles. The molecule has 2 N–H and O–H groups in total. The Bertz CT molecular complexity index is 417. The predicted octanol–water partition coefficient (Wildman–Crippen LogP) is 2.23. The van der Waals surface area contributed by atoms with E-state index in [4.69, 9.17) is 18.0 Å². The van der Waals surface area contributed by atoms with Gasteiger partial charge in [-0.3, -0.25) is 4.98 Å². The minimum absolute atomic E-state index is 0.542. The van der Waals surface area contributed by atoms with Gasteiger partial charge >= 0.3 is 0 Å². The second-order valence-electron chi connectivity index (χ2n) is 4.96. The fraction of sp³-hybridized carbons (Fsp3) is 0.615. The van der Waals surface area contributed by atoms with Crippen LogP contribution in [0.25, 0.3) is 0 Å². The van der Waals surface area contributed by atoms with Crippen molar-refractivity contribution in [2.24, 2.45) is 11.7 Å². The fourth-order valence-electron chi connectivity index (χ4n) is 1.67. The average Bonchev–Trinajstić information content (AvgIpc) is 2.27. The molecule has 1 aromatic heterocycles. The number of hydrogen-bond donors (Lipinski definition) is 1. The maximum absolute atomic E-state index is 5.57. The normalized spacial score (nSPS) is 10.7. The van der Waals surface area contributed by atoms with Crippen molar-refractivity contribution in [2.45, 2.75) is 34.1 Å².